The lowest BCUT2D eigenvalue weighted by atomic mass is 9.87. The Labute approximate surface area is 165 Å². The van der Waals surface area contributed by atoms with Crippen LogP contribution in [0.4, 0.5) is 13.2 Å². The van der Waals surface area contributed by atoms with E-state index in [-0.39, 0.29) is 23.1 Å². The maximum Gasteiger partial charge on any atom is 0.422 e. The van der Waals surface area contributed by atoms with Gasteiger partial charge in [-0.1, -0.05) is 24.3 Å². The van der Waals surface area contributed by atoms with Crippen molar-refractivity contribution in [2.45, 2.75) is 24.6 Å². The van der Waals surface area contributed by atoms with Crippen LogP contribution in [0.25, 0.3) is 11.1 Å². The average Bonchev–Trinajstić information content (AvgIpc) is 3.07. The molecule has 2 saturated heterocycles. The number of carbonyl (C=O) groups excluding carboxylic acids is 2. The van der Waals surface area contributed by atoms with Crippen LogP contribution in [0.5, 0.6) is 5.75 Å². The van der Waals surface area contributed by atoms with Gasteiger partial charge in [-0.2, -0.15) is 13.2 Å². The second-order valence-corrected chi connectivity index (χ2v) is 7.50. The molecule has 8 heteroatoms. The standard InChI is InChI=1S/C21H19F3N2O3/c22-21(23,24)13-29-17-3-1-2-16(10-17)14-4-6-15(7-5-14)19(28)26-11-20(12-26)9-8-18(27)25-20/h1-7,10H,8-9,11-13H2,(H,25,27). The van der Waals surface area contributed by atoms with Gasteiger partial charge in [-0.3, -0.25) is 9.59 Å². The highest BCUT2D eigenvalue weighted by Crippen LogP contribution is 2.32. The Morgan fingerprint density at radius 1 is 1.10 bits per heavy atom. The number of nitrogens with zero attached hydrogens (tertiary/aromatic N) is 1. The summed E-state index contributed by atoms with van der Waals surface area (Å²) in [5.41, 5.74) is 1.73. The predicted octanol–water partition coefficient (Wildman–Crippen LogP) is 3.40. The highest BCUT2D eigenvalue weighted by Gasteiger charge is 2.49. The molecule has 0 aromatic heterocycles. The minimum atomic E-state index is -4.39. The van der Waals surface area contributed by atoms with Crippen LogP contribution >= 0.6 is 0 Å². The third-order valence-electron chi connectivity index (χ3n) is 5.21. The molecular weight excluding hydrogens is 385 g/mol. The zero-order valence-corrected chi connectivity index (χ0v) is 15.5. The first-order chi connectivity index (χ1) is 13.7. The first-order valence-corrected chi connectivity index (χ1v) is 9.23. The Morgan fingerprint density at radius 3 is 2.45 bits per heavy atom. The molecule has 0 atom stereocenters. The molecule has 1 N–H and O–H groups in total. The van der Waals surface area contributed by atoms with E-state index in [1.165, 1.54) is 12.1 Å². The summed E-state index contributed by atoms with van der Waals surface area (Å²) in [5, 5.41) is 2.94. The topological polar surface area (TPSA) is 58.6 Å². The van der Waals surface area contributed by atoms with Gasteiger partial charge in [0.05, 0.1) is 5.54 Å². The summed E-state index contributed by atoms with van der Waals surface area (Å²) in [5.74, 6) is 0.0537. The first-order valence-electron chi connectivity index (χ1n) is 9.23. The molecule has 0 radical (unpaired) electrons. The van der Waals surface area contributed by atoms with Crippen molar-refractivity contribution in [3.63, 3.8) is 0 Å². The van der Waals surface area contributed by atoms with Gasteiger partial charge in [0.2, 0.25) is 5.91 Å². The van der Waals surface area contributed by atoms with Crippen LogP contribution in [0.2, 0.25) is 0 Å². The van der Waals surface area contributed by atoms with Crippen LogP contribution in [0.15, 0.2) is 48.5 Å². The maximum atomic E-state index is 12.6. The van der Waals surface area contributed by atoms with Crippen LogP contribution in [-0.2, 0) is 4.79 Å². The monoisotopic (exact) mass is 404 g/mol. The number of nitrogens with one attached hydrogen (secondary N) is 1. The molecule has 2 aromatic carbocycles. The molecule has 2 amide bonds. The van der Waals surface area contributed by atoms with E-state index in [1.54, 1.807) is 41.3 Å². The summed E-state index contributed by atoms with van der Waals surface area (Å²) in [6, 6.07) is 13.3. The fraction of sp³-hybridized carbons (Fsp3) is 0.333. The van der Waals surface area contributed by atoms with Gasteiger partial charge in [0.15, 0.2) is 6.61 Å². The van der Waals surface area contributed by atoms with Gasteiger partial charge in [0.1, 0.15) is 5.75 Å². The fourth-order valence-electron chi connectivity index (χ4n) is 3.76. The molecule has 152 valence electrons. The van der Waals surface area contributed by atoms with Crippen molar-refractivity contribution >= 4 is 11.8 Å². The second-order valence-electron chi connectivity index (χ2n) is 7.50. The largest absolute Gasteiger partial charge is 0.484 e. The number of rotatable bonds is 4. The smallest absolute Gasteiger partial charge is 0.422 e. The summed E-state index contributed by atoms with van der Waals surface area (Å²) in [6.07, 6.45) is -3.14. The van der Waals surface area contributed by atoms with Crippen LogP contribution in [0, 0.1) is 0 Å². The number of carbonyl (C=O) groups is 2. The van der Waals surface area contributed by atoms with Crippen molar-refractivity contribution in [3.8, 4) is 16.9 Å². The zero-order valence-electron chi connectivity index (χ0n) is 15.5. The van der Waals surface area contributed by atoms with Crippen LogP contribution in [-0.4, -0.2) is 48.1 Å². The number of hydrogen-bond acceptors (Lipinski definition) is 3. The second kappa shape index (κ2) is 7.09. The van der Waals surface area contributed by atoms with Crippen LogP contribution < -0.4 is 10.1 Å². The number of likely N-dealkylation sites (tertiary alicyclic amines) is 1. The quantitative estimate of drug-likeness (QED) is 0.850. The van der Waals surface area contributed by atoms with Gasteiger partial charge in [0, 0.05) is 25.1 Å². The molecule has 0 aliphatic carbocycles. The fourth-order valence-corrected chi connectivity index (χ4v) is 3.76. The van der Waals surface area contributed by atoms with E-state index in [0.29, 0.717) is 30.6 Å². The Hall–Kier alpha value is -3.03. The average molecular weight is 404 g/mol. The number of hydrogen-bond donors (Lipinski definition) is 1. The lowest BCUT2D eigenvalue weighted by Crippen LogP contribution is -2.68. The SMILES string of the molecule is O=C1CCC2(CN(C(=O)c3ccc(-c4cccc(OCC(F)(F)F)c4)cc3)C2)N1. The molecule has 5 nitrogen and oxygen atoms in total. The summed E-state index contributed by atoms with van der Waals surface area (Å²) < 4.78 is 41.7. The number of halogens is 3. The third kappa shape index (κ3) is 4.21. The van der Waals surface area contributed by atoms with Gasteiger partial charge in [-0.15, -0.1) is 0 Å². The first kappa shape index (κ1) is 19.3. The van der Waals surface area contributed by atoms with Gasteiger partial charge < -0.3 is 15.0 Å². The Bertz CT molecular complexity index is 935. The van der Waals surface area contributed by atoms with Crippen molar-refractivity contribution in [2.24, 2.45) is 0 Å². The van der Waals surface area contributed by atoms with E-state index >= 15 is 0 Å². The predicted molar refractivity (Wildman–Crippen MR) is 99.4 cm³/mol. The molecule has 0 bridgehead atoms. The van der Waals surface area contributed by atoms with Crippen molar-refractivity contribution in [1.82, 2.24) is 10.2 Å². The summed E-state index contributed by atoms with van der Waals surface area (Å²) >= 11 is 0. The lowest BCUT2D eigenvalue weighted by molar-refractivity contribution is -0.153. The Morgan fingerprint density at radius 2 is 1.83 bits per heavy atom. The van der Waals surface area contributed by atoms with E-state index in [0.717, 1.165) is 12.0 Å². The normalized spacial score (nSPS) is 17.8. The Kier molecular flexibility index (Phi) is 4.72. The highest BCUT2D eigenvalue weighted by molar-refractivity contribution is 5.96. The molecule has 2 aromatic rings. The van der Waals surface area contributed by atoms with Gasteiger partial charge in [0.25, 0.3) is 5.91 Å². The zero-order chi connectivity index (χ0) is 20.6. The Balaban J connectivity index is 1.41. The molecule has 2 heterocycles. The van der Waals surface area contributed by atoms with Crippen LogP contribution in [0.3, 0.4) is 0 Å². The molecular formula is C21H19F3N2O3. The van der Waals surface area contributed by atoms with Crippen molar-refractivity contribution < 1.29 is 27.5 Å². The number of amides is 2. The molecule has 0 saturated carbocycles. The van der Waals surface area contributed by atoms with E-state index < -0.39 is 12.8 Å². The number of alkyl halides is 3. The summed E-state index contributed by atoms with van der Waals surface area (Å²) in [4.78, 5) is 25.7. The van der Waals surface area contributed by atoms with Gasteiger partial charge >= 0.3 is 6.18 Å². The van der Waals surface area contributed by atoms with Gasteiger partial charge in [-0.05, 0) is 41.8 Å². The van der Waals surface area contributed by atoms with E-state index in [2.05, 4.69) is 5.32 Å². The van der Waals surface area contributed by atoms with Gasteiger partial charge in [-0.25, -0.2) is 0 Å². The van der Waals surface area contributed by atoms with E-state index in [1.807, 2.05) is 0 Å². The summed E-state index contributed by atoms with van der Waals surface area (Å²) in [6.45, 7) is -0.322. The van der Waals surface area contributed by atoms with Crippen molar-refractivity contribution in [1.29, 1.82) is 0 Å². The van der Waals surface area contributed by atoms with Crippen molar-refractivity contribution in [2.75, 3.05) is 19.7 Å². The minimum Gasteiger partial charge on any atom is -0.484 e. The maximum absolute atomic E-state index is 12.6. The number of ether oxygens (including phenoxy) is 1. The molecule has 4 rings (SSSR count). The molecule has 0 unspecified atom stereocenters. The molecule has 29 heavy (non-hydrogen) atoms. The third-order valence-corrected chi connectivity index (χ3v) is 5.21. The molecule has 2 fully saturated rings. The highest BCUT2D eigenvalue weighted by atomic mass is 19.4. The molecule has 2 aliphatic heterocycles. The van der Waals surface area contributed by atoms with E-state index in [9.17, 15) is 22.8 Å². The molecule has 2 aliphatic rings. The lowest BCUT2D eigenvalue weighted by Gasteiger charge is -2.47. The van der Waals surface area contributed by atoms with E-state index in [4.69, 9.17) is 4.74 Å². The number of benzene rings is 2. The molecule has 1 spiro atoms. The minimum absolute atomic E-state index is 0.0305. The van der Waals surface area contributed by atoms with Crippen LogP contribution in [0.1, 0.15) is 23.2 Å². The summed E-state index contributed by atoms with van der Waals surface area (Å²) in [7, 11) is 0. The van der Waals surface area contributed by atoms with Crippen molar-refractivity contribution in [3.05, 3.63) is 54.1 Å².